The first-order valence-electron chi connectivity index (χ1n) is 8.24. The molecule has 0 spiro atoms. The monoisotopic (exact) mass is 298 g/mol. The molecule has 4 rings (SSSR count). The number of allylic oxidation sites excluding steroid dienone is 2. The van der Waals surface area contributed by atoms with Crippen LogP contribution >= 0.6 is 0 Å². The topological polar surface area (TPSA) is 49.3 Å². The third-order valence-corrected chi connectivity index (χ3v) is 5.25. The zero-order valence-corrected chi connectivity index (χ0v) is 13.0. The van der Waals surface area contributed by atoms with Gasteiger partial charge in [0.2, 0.25) is 5.91 Å². The molecule has 5 nitrogen and oxygen atoms in total. The lowest BCUT2D eigenvalue weighted by Gasteiger charge is -2.45. The number of aromatic nitrogens is 2. The minimum atomic E-state index is 0.166. The molecule has 2 heterocycles. The van der Waals surface area contributed by atoms with Crippen molar-refractivity contribution in [3.8, 4) is 0 Å². The predicted octanol–water partition coefficient (Wildman–Crippen LogP) is 1.58. The number of rotatable bonds is 3. The van der Waals surface area contributed by atoms with E-state index in [4.69, 9.17) is 0 Å². The number of carbonyl (C=O) groups excluding carboxylic acids is 1. The Hall–Kier alpha value is -1.91. The van der Waals surface area contributed by atoms with E-state index in [1.807, 2.05) is 11.9 Å². The number of likely N-dealkylation sites (N-methyl/N-ethyl adjacent to an activating group) is 1. The Morgan fingerprint density at radius 2 is 2.00 bits per heavy atom. The summed E-state index contributed by atoms with van der Waals surface area (Å²) in [6.45, 7) is 1.74. The zero-order chi connectivity index (χ0) is 15.1. The lowest BCUT2D eigenvalue weighted by molar-refractivity contribution is -0.136. The number of hydrogen-bond acceptors (Lipinski definition) is 4. The van der Waals surface area contributed by atoms with E-state index < -0.39 is 0 Å². The van der Waals surface area contributed by atoms with Gasteiger partial charge in [-0.25, -0.2) is 0 Å². The Bertz CT molecular complexity index is 613. The quantitative estimate of drug-likeness (QED) is 0.795. The third-order valence-electron chi connectivity index (χ3n) is 5.25. The Morgan fingerprint density at radius 3 is 2.77 bits per heavy atom. The molecule has 0 aromatic carbocycles. The summed E-state index contributed by atoms with van der Waals surface area (Å²) >= 11 is 0. The van der Waals surface area contributed by atoms with Crippen molar-refractivity contribution < 1.29 is 4.79 Å². The maximum atomic E-state index is 12.4. The normalized spacial score (nSPS) is 21.0. The molecule has 0 unspecified atom stereocenters. The molecule has 2 aliphatic carbocycles. The van der Waals surface area contributed by atoms with Gasteiger partial charge in [0.25, 0.3) is 0 Å². The lowest BCUT2D eigenvalue weighted by Crippen LogP contribution is -2.60. The molecular formula is C17H22N4O. The average Bonchev–Trinajstić information content (AvgIpc) is 3.15. The number of anilines is 1. The minimum Gasteiger partial charge on any atom is -0.351 e. The summed E-state index contributed by atoms with van der Waals surface area (Å²) in [4.78, 5) is 16.6. The van der Waals surface area contributed by atoms with Gasteiger partial charge < -0.3 is 9.80 Å². The summed E-state index contributed by atoms with van der Waals surface area (Å²) in [6.07, 6.45) is 9.42. The highest BCUT2D eigenvalue weighted by Gasteiger charge is 2.36. The summed E-state index contributed by atoms with van der Waals surface area (Å²) in [5.41, 5.74) is 2.52. The highest BCUT2D eigenvalue weighted by Crippen LogP contribution is 2.28. The van der Waals surface area contributed by atoms with Crippen molar-refractivity contribution in [2.45, 2.75) is 38.1 Å². The molecule has 22 heavy (non-hydrogen) atoms. The zero-order valence-electron chi connectivity index (χ0n) is 13.0. The number of fused-ring (bicyclic) bond motifs is 1. The van der Waals surface area contributed by atoms with Crippen molar-refractivity contribution in [3.05, 3.63) is 29.5 Å². The smallest absolute Gasteiger partial charge is 0.226 e. The first-order valence-corrected chi connectivity index (χ1v) is 8.24. The number of nitrogens with zero attached hydrogens (tertiary/aromatic N) is 4. The van der Waals surface area contributed by atoms with Crippen LogP contribution in [0.5, 0.6) is 0 Å². The van der Waals surface area contributed by atoms with Gasteiger partial charge in [-0.05, 0) is 43.7 Å². The average molecular weight is 298 g/mol. The van der Waals surface area contributed by atoms with Crippen LogP contribution in [-0.4, -0.2) is 47.2 Å². The van der Waals surface area contributed by atoms with Gasteiger partial charge in [0.05, 0.1) is 11.7 Å². The van der Waals surface area contributed by atoms with E-state index in [1.54, 1.807) is 0 Å². The molecule has 1 amide bonds. The van der Waals surface area contributed by atoms with Crippen LogP contribution in [0.25, 0.3) is 0 Å². The van der Waals surface area contributed by atoms with Gasteiger partial charge in [-0.2, -0.15) is 5.10 Å². The fourth-order valence-corrected chi connectivity index (χ4v) is 3.65. The molecule has 3 aliphatic rings. The third kappa shape index (κ3) is 2.28. The highest BCUT2D eigenvalue weighted by molar-refractivity contribution is 5.80. The van der Waals surface area contributed by atoms with Crippen molar-refractivity contribution in [2.75, 3.05) is 25.0 Å². The second-order valence-corrected chi connectivity index (χ2v) is 6.68. The Morgan fingerprint density at radius 1 is 1.23 bits per heavy atom. The first-order chi connectivity index (χ1) is 10.7. The maximum absolute atomic E-state index is 12.4. The molecule has 0 bridgehead atoms. The molecule has 5 heteroatoms. The van der Waals surface area contributed by atoms with Crippen molar-refractivity contribution in [1.82, 2.24) is 15.1 Å². The van der Waals surface area contributed by atoms with Crippen LogP contribution in [0.1, 0.15) is 30.5 Å². The van der Waals surface area contributed by atoms with Crippen LogP contribution in [-0.2, 0) is 17.6 Å². The van der Waals surface area contributed by atoms with E-state index in [-0.39, 0.29) is 11.8 Å². The molecule has 0 saturated carbocycles. The van der Waals surface area contributed by atoms with Crippen LogP contribution in [0.3, 0.4) is 0 Å². The molecule has 1 fully saturated rings. The summed E-state index contributed by atoms with van der Waals surface area (Å²) in [5, 5.41) is 8.70. The molecule has 1 saturated heterocycles. The fourth-order valence-electron chi connectivity index (χ4n) is 3.65. The number of amides is 1. The van der Waals surface area contributed by atoms with E-state index in [0.717, 1.165) is 44.6 Å². The van der Waals surface area contributed by atoms with Crippen molar-refractivity contribution in [3.63, 3.8) is 0 Å². The van der Waals surface area contributed by atoms with Crippen LogP contribution < -0.4 is 4.90 Å². The minimum absolute atomic E-state index is 0.166. The van der Waals surface area contributed by atoms with Gasteiger partial charge in [-0.3, -0.25) is 4.79 Å². The molecule has 0 radical (unpaired) electrons. The molecule has 0 N–H and O–H groups in total. The van der Waals surface area contributed by atoms with Crippen molar-refractivity contribution in [2.24, 2.45) is 5.92 Å². The van der Waals surface area contributed by atoms with Crippen LogP contribution in [0.2, 0.25) is 0 Å². The largest absolute Gasteiger partial charge is 0.351 e. The predicted molar refractivity (Wildman–Crippen MR) is 84.7 cm³/mol. The van der Waals surface area contributed by atoms with Crippen LogP contribution in [0.15, 0.2) is 18.2 Å². The van der Waals surface area contributed by atoms with Gasteiger partial charge in [-0.15, -0.1) is 5.10 Å². The van der Waals surface area contributed by atoms with Gasteiger partial charge in [0.1, 0.15) is 0 Å². The van der Waals surface area contributed by atoms with Gasteiger partial charge >= 0.3 is 0 Å². The Kier molecular flexibility index (Phi) is 3.36. The standard InChI is InChI=1S/C17H22N4O/c1-20(17(22)12-5-2-3-6-12)14-10-21(11-14)16-9-13-7-4-8-15(13)18-19-16/h2-3,9,12,14H,4-8,10-11H2,1H3. The van der Waals surface area contributed by atoms with Gasteiger partial charge in [0.15, 0.2) is 5.82 Å². The number of aryl methyl sites for hydroxylation is 2. The molecule has 1 aromatic heterocycles. The number of carbonyl (C=O) groups is 1. The van der Waals surface area contributed by atoms with Gasteiger partial charge in [0, 0.05) is 26.1 Å². The molecule has 1 aliphatic heterocycles. The van der Waals surface area contributed by atoms with Gasteiger partial charge in [-0.1, -0.05) is 12.2 Å². The second-order valence-electron chi connectivity index (χ2n) is 6.68. The summed E-state index contributed by atoms with van der Waals surface area (Å²) < 4.78 is 0. The number of hydrogen-bond donors (Lipinski definition) is 0. The van der Waals surface area contributed by atoms with Crippen LogP contribution in [0.4, 0.5) is 5.82 Å². The van der Waals surface area contributed by atoms with E-state index >= 15 is 0 Å². The molecular weight excluding hydrogens is 276 g/mol. The molecule has 0 atom stereocenters. The van der Waals surface area contributed by atoms with E-state index in [0.29, 0.717) is 6.04 Å². The molecule has 116 valence electrons. The maximum Gasteiger partial charge on any atom is 0.226 e. The Balaban J connectivity index is 1.36. The van der Waals surface area contributed by atoms with Crippen molar-refractivity contribution >= 4 is 11.7 Å². The van der Waals surface area contributed by atoms with E-state index in [1.165, 1.54) is 17.7 Å². The SMILES string of the molecule is CN(C(=O)C1CC=CC1)C1CN(c2cc3c(nn2)CCC3)C1. The summed E-state index contributed by atoms with van der Waals surface area (Å²) in [5.74, 6) is 1.42. The fraction of sp³-hybridized carbons (Fsp3) is 0.588. The molecule has 1 aromatic rings. The van der Waals surface area contributed by atoms with Crippen LogP contribution in [0, 0.1) is 5.92 Å². The highest BCUT2D eigenvalue weighted by atomic mass is 16.2. The van der Waals surface area contributed by atoms with E-state index in [9.17, 15) is 4.79 Å². The van der Waals surface area contributed by atoms with E-state index in [2.05, 4.69) is 33.3 Å². The lowest BCUT2D eigenvalue weighted by atomic mass is 10.0. The second kappa shape index (κ2) is 5.38. The van der Waals surface area contributed by atoms with Crippen molar-refractivity contribution in [1.29, 1.82) is 0 Å². The summed E-state index contributed by atoms with van der Waals surface area (Å²) in [7, 11) is 1.94. The summed E-state index contributed by atoms with van der Waals surface area (Å²) in [6, 6.07) is 2.50. The first kappa shape index (κ1) is 13.7. The Labute approximate surface area is 131 Å².